The predicted octanol–water partition coefficient (Wildman–Crippen LogP) is 1.22. The molecule has 6 heteroatoms. The van der Waals surface area contributed by atoms with Gasteiger partial charge in [0.25, 0.3) is 0 Å². The monoisotopic (exact) mass is 280 g/mol. The van der Waals surface area contributed by atoms with Crippen molar-refractivity contribution in [2.24, 2.45) is 0 Å². The predicted molar refractivity (Wildman–Crippen MR) is 74.3 cm³/mol. The fourth-order valence-corrected chi connectivity index (χ4v) is 1.82. The topological polar surface area (TPSA) is 89.9 Å². The Morgan fingerprint density at radius 3 is 2.30 bits per heavy atom. The molecule has 6 nitrogen and oxygen atoms in total. The van der Waals surface area contributed by atoms with Crippen LogP contribution in [-0.4, -0.2) is 46.3 Å². The second kappa shape index (κ2) is 6.38. The Morgan fingerprint density at radius 1 is 1.30 bits per heavy atom. The van der Waals surface area contributed by atoms with E-state index >= 15 is 0 Å². The maximum Gasteiger partial charge on any atom is 0.330 e. The molecule has 0 saturated carbocycles. The molecule has 0 heterocycles. The standard InChI is InChI=1S/C14H20N2O4/c1-14(2,20)9-16(3)13(19)15-11(12(17)18)10-7-5-4-6-8-10/h4-8,11,20H,9H2,1-3H3,(H,15,19)(H,17,18)/t11-/m1/s1. The van der Waals surface area contributed by atoms with Crippen molar-refractivity contribution in [2.75, 3.05) is 13.6 Å². The van der Waals surface area contributed by atoms with Gasteiger partial charge >= 0.3 is 12.0 Å². The Bertz CT molecular complexity index is 468. The van der Waals surface area contributed by atoms with Crippen molar-refractivity contribution in [2.45, 2.75) is 25.5 Å². The first kappa shape index (κ1) is 16.0. The van der Waals surface area contributed by atoms with E-state index in [0.717, 1.165) is 0 Å². The number of aliphatic carboxylic acids is 1. The van der Waals surface area contributed by atoms with Crippen LogP contribution < -0.4 is 5.32 Å². The normalized spacial score (nSPS) is 12.6. The zero-order chi connectivity index (χ0) is 15.3. The van der Waals surface area contributed by atoms with E-state index in [-0.39, 0.29) is 6.54 Å². The van der Waals surface area contributed by atoms with E-state index in [1.54, 1.807) is 44.2 Å². The van der Waals surface area contributed by atoms with E-state index < -0.39 is 23.6 Å². The maximum absolute atomic E-state index is 11.9. The Hall–Kier alpha value is -2.08. The molecule has 0 aliphatic carbocycles. The number of hydrogen-bond acceptors (Lipinski definition) is 3. The number of benzene rings is 1. The lowest BCUT2D eigenvalue weighted by Crippen LogP contribution is -2.46. The molecule has 0 bridgehead atoms. The highest BCUT2D eigenvalue weighted by Crippen LogP contribution is 2.13. The number of urea groups is 1. The molecular formula is C14H20N2O4. The molecule has 0 unspecified atom stereocenters. The molecule has 0 saturated heterocycles. The molecule has 1 aromatic carbocycles. The number of carboxylic acids is 1. The van der Waals surface area contributed by atoms with E-state index in [2.05, 4.69) is 5.32 Å². The van der Waals surface area contributed by atoms with Crippen LogP contribution in [0, 0.1) is 0 Å². The van der Waals surface area contributed by atoms with Crippen LogP contribution in [0.2, 0.25) is 0 Å². The van der Waals surface area contributed by atoms with E-state index in [0.29, 0.717) is 5.56 Å². The Morgan fingerprint density at radius 2 is 1.85 bits per heavy atom. The Labute approximate surface area is 118 Å². The summed E-state index contributed by atoms with van der Waals surface area (Å²) in [4.78, 5) is 24.5. The van der Waals surface area contributed by atoms with Gasteiger partial charge in [0.05, 0.1) is 12.1 Å². The van der Waals surface area contributed by atoms with E-state index in [1.165, 1.54) is 11.9 Å². The molecule has 1 atom stereocenters. The average Bonchev–Trinajstić information content (AvgIpc) is 2.34. The molecular weight excluding hydrogens is 260 g/mol. The van der Waals surface area contributed by atoms with Crippen molar-refractivity contribution in [3.8, 4) is 0 Å². The van der Waals surface area contributed by atoms with Gasteiger partial charge in [-0.05, 0) is 19.4 Å². The van der Waals surface area contributed by atoms with Crippen LogP contribution in [0.3, 0.4) is 0 Å². The number of carbonyl (C=O) groups is 2. The van der Waals surface area contributed by atoms with Gasteiger partial charge in [0, 0.05) is 7.05 Å². The average molecular weight is 280 g/mol. The van der Waals surface area contributed by atoms with Crippen LogP contribution >= 0.6 is 0 Å². The van der Waals surface area contributed by atoms with Gasteiger partial charge < -0.3 is 20.4 Å². The van der Waals surface area contributed by atoms with E-state index in [4.69, 9.17) is 0 Å². The fraction of sp³-hybridized carbons (Fsp3) is 0.429. The minimum Gasteiger partial charge on any atom is -0.479 e. The Kier molecular flexibility index (Phi) is 5.10. The zero-order valence-electron chi connectivity index (χ0n) is 11.8. The number of amides is 2. The number of rotatable bonds is 5. The van der Waals surface area contributed by atoms with Crippen LogP contribution in [0.25, 0.3) is 0 Å². The van der Waals surface area contributed by atoms with Crippen molar-refractivity contribution in [1.29, 1.82) is 0 Å². The second-order valence-electron chi connectivity index (χ2n) is 5.30. The van der Waals surface area contributed by atoms with Crippen molar-refractivity contribution < 1.29 is 19.8 Å². The lowest BCUT2D eigenvalue weighted by Gasteiger charge is -2.27. The minimum absolute atomic E-state index is 0.0972. The van der Waals surface area contributed by atoms with E-state index in [1.807, 2.05) is 0 Å². The summed E-state index contributed by atoms with van der Waals surface area (Å²) in [6.07, 6.45) is 0. The number of likely N-dealkylation sites (N-methyl/N-ethyl adjacent to an activating group) is 1. The van der Waals surface area contributed by atoms with Crippen LogP contribution in [0.4, 0.5) is 4.79 Å². The van der Waals surface area contributed by atoms with Crippen LogP contribution in [0.1, 0.15) is 25.5 Å². The number of carboxylic acid groups (broad SMARTS) is 1. The number of nitrogens with one attached hydrogen (secondary N) is 1. The highest BCUT2D eigenvalue weighted by Gasteiger charge is 2.25. The summed E-state index contributed by atoms with van der Waals surface area (Å²) in [5.74, 6) is -1.14. The first-order valence-electron chi connectivity index (χ1n) is 6.22. The minimum atomic E-state index is -1.14. The first-order chi connectivity index (χ1) is 9.20. The van der Waals surface area contributed by atoms with E-state index in [9.17, 15) is 19.8 Å². The van der Waals surface area contributed by atoms with Gasteiger partial charge in [0.1, 0.15) is 0 Å². The van der Waals surface area contributed by atoms with Crippen molar-refractivity contribution in [1.82, 2.24) is 10.2 Å². The van der Waals surface area contributed by atoms with Gasteiger partial charge in [-0.3, -0.25) is 0 Å². The third-order valence-electron chi connectivity index (χ3n) is 2.62. The van der Waals surface area contributed by atoms with Crippen molar-refractivity contribution in [3.05, 3.63) is 35.9 Å². The molecule has 1 aromatic rings. The number of aliphatic hydroxyl groups is 1. The molecule has 0 fully saturated rings. The van der Waals surface area contributed by atoms with Gasteiger partial charge in [-0.1, -0.05) is 30.3 Å². The van der Waals surface area contributed by atoms with Gasteiger partial charge in [-0.2, -0.15) is 0 Å². The summed E-state index contributed by atoms with van der Waals surface area (Å²) in [7, 11) is 1.50. The molecule has 0 spiro atoms. The highest BCUT2D eigenvalue weighted by molar-refractivity contribution is 5.83. The fourth-order valence-electron chi connectivity index (χ4n) is 1.82. The largest absolute Gasteiger partial charge is 0.479 e. The van der Waals surface area contributed by atoms with Gasteiger partial charge in [0.2, 0.25) is 0 Å². The van der Waals surface area contributed by atoms with Crippen LogP contribution in [0.5, 0.6) is 0 Å². The van der Waals surface area contributed by atoms with Crippen molar-refractivity contribution in [3.63, 3.8) is 0 Å². The summed E-state index contributed by atoms with van der Waals surface area (Å²) in [6.45, 7) is 3.24. The molecule has 3 N–H and O–H groups in total. The third kappa shape index (κ3) is 4.89. The zero-order valence-corrected chi connectivity index (χ0v) is 11.8. The second-order valence-corrected chi connectivity index (χ2v) is 5.30. The first-order valence-corrected chi connectivity index (χ1v) is 6.22. The molecule has 0 aliphatic heterocycles. The quantitative estimate of drug-likeness (QED) is 0.756. The molecule has 1 rings (SSSR count). The lowest BCUT2D eigenvalue weighted by molar-refractivity contribution is -0.139. The number of carbonyl (C=O) groups excluding carboxylic acids is 1. The molecule has 2 amide bonds. The SMILES string of the molecule is CN(CC(C)(C)O)C(=O)N[C@@H](C(=O)O)c1ccccc1. The van der Waals surface area contributed by atoms with Crippen molar-refractivity contribution >= 4 is 12.0 Å². The summed E-state index contributed by atoms with van der Waals surface area (Å²) in [5.41, 5.74) is -0.553. The van der Waals surface area contributed by atoms with Gasteiger partial charge in [-0.25, -0.2) is 9.59 Å². The van der Waals surface area contributed by atoms with Gasteiger partial charge in [0.15, 0.2) is 6.04 Å². The summed E-state index contributed by atoms with van der Waals surface area (Å²) in [5, 5.41) is 21.3. The van der Waals surface area contributed by atoms with Crippen LogP contribution in [0.15, 0.2) is 30.3 Å². The molecule has 20 heavy (non-hydrogen) atoms. The molecule has 0 aromatic heterocycles. The van der Waals surface area contributed by atoms with Crippen LogP contribution in [-0.2, 0) is 4.79 Å². The van der Waals surface area contributed by atoms with Gasteiger partial charge in [-0.15, -0.1) is 0 Å². The summed E-state index contributed by atoms with van der Waals surface area (Å²) >= 11 is 0. The third-order valence-corrected chi connectivity index (χ3v) is 2.62. The summed E-state index contributed by atoms with van der Waals surface area (Å²) in [6, 6.07) is 6.78. The molecule has 0 radical (unpaired) electrons. The number of nitrogens with zero attached hydrogens (tertiary/aromatic N) is 1. The number of hydrogen-bond donors (Lipinski definition) is 3. The molecule has 110 valence electrons. The highest BCUT2D eigenvalue weighted by atomic mass is 16.4. The maximum atomic E-state index is 11.9. The Balaban J connectivity index is 2.77. The lowest BCUT2D eigenvalue weighted by atomic mass is 10.1. The summed E-state index contributed by atoms with van der Waals surface area (Å²) < 4.78 is 0. The molecule has 0 aliphatic rings. The smallest absolute Gasteiger partial charge is 0.330 e.